The molecule has 0 bridgehead atoms. The molecule has 0 aliphatic heterocycles. The van der Waals surface area contributed by atoms with Crippen LogP contribution in [0.5, 0.6) is 0 Å². The van der Waals surface area contributed by atoms with Gasteiger partial charge in [0.05, 0.1) is 11.3 Å². The van der Waals surface area contributed by atoms with Crippen LogP contribution >= 0.6 is 0 Å². The van der Waals surface area contributed by atoms with Crippen molar-refractivity contribution in [2.45, 2.75) is 39.0 Å². The molecule has 4 heteroatoms. The third-order valence-electron chi connectivity index (χ3n) is 4.12. The van der Waals surface area contributed by atoms with Crippen LogP contribution in [-0.2, 0) is 0 Å². The van der Waals surface area contributed by atoms with Crippen LogP contribution in [0.2, 0.25) is 0 Å². The molecule has 108 valence electrons. The summed E-state index contributed by atoms with van der Waals surface area (Å²) in [5, 5.41) is 11.6. The van der Waals surface area contributed by atoms with Crippen LogP contribution in [0.3, 0.4) is 0 Å². The topological polar surface area (TPSA) is 35.8 Å². The number of hydrogen-bond donors (Lipinski definition) is 1. The molecule has 1 saturated carbocycles. The van der Waals surface area contributed by atoms with E-state index in [1.165, 1.54) is 37.8 Å². The minimum Gasteiger partial charge on any atom is -0.383 e. The Morgan fingerprint density at radius 1 is 1.30 bits per heavy atom. The Bertz CT molecular complexity index is 508. The van der Waals surface area contributed by atoms with Crippen LogP contribution in [0.1, 0.15) is 44.6 Å². The summed E-state index contributed by atoms with van der Waals surface area (Å²) in [5.74, 6) is -0.569. The van der Waals surface area contributed by atoms with E-state index in [2.05, 4.69) is 12.2 Å². The number of nitrogens with one attached hydrogen (secondary N) is 1. The quantitative estimate of drug-likeness (QED) is 0.882. The van der Waals surface area contributed by atoms with E-state index < -0.39 is 11.6 Å². The lowest BCUT2D eigenvalue weighted by molar-refractivity contribution is 0.274. The maximum atomic E-state index is 13.7. The second kappa shape index (κ2) is 6.69. The normalized spacial score (nSPS) is 22.3. The van der Waals surface area contributed by atoms with E-state index in [-0.39, 0.29) is 11.3 Å². The van der Waals surface area contributed by atoms with Gasteiger partial charge in [0.15, 0.2) is 11.6 Å². The fraction of sp³-hybridized carbons (Fsp3) is 0.562. The summed E-state index contributed by atoms with van der Waals surface area (Å²) >= 11 is 0. The summed E-state index contributed by atoms with van der Waals surface area (Å²) in [7, 11) is 0. The van der Waals surface area contributed by atoms with Crippen molar-refractivity contribution in [2.75, 3.05) is 11.9 Å². The van der Waals surface area contributed by atoms with Crippen molar-refractivity contribution in [1.82, 2.24) is 0 Å². The number of benzene rings is 1. The van der Waals surface area contributed by atoms with E-state index in [9.17, 15) is 8.78 Å². The van der Waals surface area contributed by atoms with Gasteiger partial charge in [-0.15, -0.1) is 0 Å². The minimum absolute atomic E-state index is 0.144. The molecule has 0 radical (unpaired) electrons. The Labute approximate surface area is 118 Å². The maximum Gasteiger partial charge on any atom is 0.183 e. The molecule has 0 amide bonds. The van der Waals surface area contributed by atoms with Gasteiger partial charge in [-0.25, -0.2) is 8.78 Å². The molecule has 20 heavy (non-hydrogen) atoms. The van der Waals surface area contributed by atoms with Gasteiger partial charge in [0, 0.05) is 6.54 Å². The second-order valence-corrected chi connectivity index (χ2v) is 5.75. The van der Waals surface area contributed by atoms with Crippen molar-refractivity contribution < 1.29 is 8.78 Å². The Balaban J connectivity index is 1.88. The molecule has 0 heterocycles. The molecule has 2 atom stereocenters. The number of halogens is 2. The molecular formula is C16H20F2N2. The fourth-order valence-corrected chi connectivity index (χ4v) is 3.01. The maximum absolute atomic E-state index is 13.7. The van der Waals surface area contributed by atoms with Gasteiger partial charge in [-0.1, -0.05) is 26.2 Å². The predicted molar refractivity (Wildman–Crippen MR) is 75.3 cm³/mol. The van der Waals surface area contributed by atoms with Crippen LogP contribution in [0.4, 0.5) is 14.5 Å². The van der Waals surface area contributed by atoms with Gasteiger partial charge >= 0.3 is 0 Å². The Hall–Kier alpha value is -1.63. The van der Waals surface area contributed by atoms with Crippen molar-refractivity contribution in [2.24, 2.45) is 11.8 Å². The van der Waals surface area contributed by atoms with Crippen LogP contribution < -0.4 is 5.32 Å². The zero-order chi connectivity index (χ0) is 14.5. The van der Waals surface area contributed by atoms with E-state index in [1.54, 1.807) is 6.07 Å². The van der Waals surface area contributed by atoms with Gasteiger partial charge in [0.2, 0.25) is 0 Å². The fourth-order valence-electron chi connectivity index (χ4n) is 3.01. The molecule has 2 rings (SSSR count). The third kappa shape index (κ3) is 3.47. The summed E-state index contributed by atoms with van der Waals surface area (Å²) < 4.78 is 27.1. The average molecular weight is 278 g/mol. The molecule has 1 aromatic carbocycles. The minimum atomic E-state index is -1.07. The van der Waals surface area contributed by atoms with Gasteiger partial charge in [-0.2, -0.15) is 5.26 Å². The number of nitrogens with zero attached hydrogens (tertiary/aromatic N) is 1. The summed E-state index contributed by atoms with van der Waals surface area (Å²) in [6.07, 6.45) is 6.01. The van der Waals surface area contributed by atoms with Crippen molar-refractivity contribution >= 4 is 5.69 Å². The highest BCUT2D eigenvalue weighted by Gasteiger charge is 2.19. The zero-order valence-corrected chi connectivity index (χ0v) is 11.8. The first kappa shape index (κ1) is 14.8. The van der Waals surface area contributed by atoms with E-state index in [1.807, 2.05) is 0 Å². The molecule has 1 N–H and O–H groups in total. The lowest BCUT2D eigenvalue weighted by Gasteiger charge is -2.26. The molecule has 1 aliphatic rings. The molecule has 0 saturated heterocycles. The first-order chi connectivity index (χ1) is 9.61. The molecule has 1 aromatic rings. The standard InChI is InChI=1S/C16H20F2N2/c1-11-3-2-4-12(9-11)7-8-20-14-6-5-13(10-19)15(17)16(14)18/h5-6,11-12,20H,2-4,7-9H2,1H3. The van der Waals surface area contributed by atoms with E-state index in [0.717, 1.165) is 12.3 Å². The number of nitriles is 1. The van der Waals surface area contributed by atoms with Crippen LogP contribution in [0, 0.1) is 34.8 Å². The monoisotopic (exact) mass is 278 g/mol. The van der Waals surface area contributed by atoms with Crippen molar-refractivity contribution in [3.8, 4) is 6.07 Å². The summed E-state index contributed by atoms with van der Waals surface area (Å²) in [5.41, 5.74) is -0.112. The zero-order valence-electron chi connectivity index (χ0n) is 11.8. The van der Waals surface area contributed by atoms with Crippen molar-refractivity contribution in [3.63, 3.8) is 0 Å². The summed E-state index contributed by atoms with van der Waals surface area (Å²) in [4.78, 5) is 0. The predicted octanol–water partition coefficient (Wildman–Crippen LogP) is 4.46. The van der Waals surface area contributed by atoms with Gasteiger partial charge in [-0.05, 0) is 36.8 Å². The van der Waals surface area contributed by atoms with E-state index >= 15 is 0 Å². The molecular weight excluding hydrogens is 258 g/mol. The molecule has 2 unspecified atom stereocenters. The highest BCUT2D eigenvalue weighted by atomic mass is 19.2. The highest BCUT2D eigenvalue weighted by molar-refractivity contribution is 5.49. The highest BCUT2D eigenvalue weighted by Crippen LogP contribution is 2.30. The molecule has 0 aromatic heterocycles. The molecule has 1 aliphatic carbocycles. The van der Waals surface area contributed by atoms with Gasteiger partial charge in [0.1, 0.15) is 6.07 Å². The third-order valence-corrected chi connectivity index (χ3v) is 4.12. The largest absolute Gasteiger partial charge is 0.383 e. The first-order valence-corrected chi connectivity index (χ1v) is 7.23. The van der Waals surface area contributed by atoms with Gasteiger partial charge in [-0.3, -0.25) is 0 Å². The van der Waals surface area contributed by atoms with Crippen LogP contribution in [-0.4, -0.2) is 6.54 Å². The van der Waals surface area contributed by atoms with E-state index in [4.69, 9.17) is 5.26 Å². The van der Waals surface area contributed by atoms with Crippen LogP contribution in [0.15, 0.2) is 12.1 Å². The van der Waals surface area contributed by atoms with Gasteiger partial charge in [0.25, 0.3) is 0 Å². The van der Waals surface area contributed by atoms with Gasteiger partial charge < -0.3 is 5.32 Å². The molecule has 2 nitrogen and oxygen atoms in total. The second-order valence-electron chi connectivity index (χ2n) is 5.75. The molecule has 0 spiro atoms. The number of anilines is 1. The average Bonchev–Trinajstić information content (AvgIpc) is 2.44. The molecule has 1 fully saturated rings. The lowest BCUT2D eigenvalue weighted by Crippen LogP contribution is -2.17. The number of rotatable bonds is 4. The Morgan fingerprint density at radius 3 is 2.80 bits per heavy atom. The smallest absolute Gasteiger partial charge is 0.183 e. The summed E-state index contributed by atoms with van der Waals surface area (Å²) in [6, 6.07) is 4.37. The first-order valence-electron chi connectivity index (χ1n) is 7.23. The van der Waals surface area contributed by atoms with Crippen molar-refractivity contribution in [3.05, 3.63) is 29.3 Å². The van der Waals surface area contributed by atoms with Crippen LogP contribution in [0.25, 0.3) is 0 Å². The van der Waals surface area contributed by atoms with Crippen molar-refractivity contribution in [1.29, 1.82) is 5.26 Å². The SMILES string of the molecule is CC1CCCC(CCNc2ccc(C#N)c(F)c2F)C1. The lowest BCUT2D eigenvalue weighted by atomic mass is 9.81. The Kier molecular flexibility index (Phi) is 4.94. The summed E-state index contributed by atoms with van der Waals surface area (Å²) in [6.45, 7) is 2.91. The van der Waals surface area contributed by atoms with E-state index in [0.29, 0.717) is 12.5 Å². The number of hydrogen-bond acceptors (Lipinski definition) is 2. The Morgan fingerprint density at radius 2 is 2.10 bits per heavy atom.